The zero-order chi connectivity index (χ0) is 19.1. The third kappa shape index (κ3) is 4.91. The third-order valence-corrected chi connectivity index (χ3v) is 4.33. The molecule has 140 valence electrons. The first-order chi connectivity index (χ1) is 13.2. The summed E-state index contributed by atoms with van der Waals surface area (Å²) in [6, 6.07) is 7.50. The number of nitrogens with zero attached hydrogens (tertiary/aromatic N) is 4. The summed E-state index contributed by atoms with van der Waals surface area (Å²) in [4.78, 5) is 15.8. The normalized spacial score (nSPS) is 10.9. The molecule has 27 heavy (non-hydrogen) atoms. The van der Waals surface area contributed by atoms with Crippen molar-refractivity contribution in [2.24, 2.45) is 5.10 Å². The number of aromatic nitrogens is 3. The highest BCUT2D eigenvalue weighted by Gasteiger charge is 2.08. The van der Waals surface area contributed by atoms with Crippen molar-refractivity contribution in [2.75, 3.05) is 19.1 Å². The van der Waals surface area contributed by atoms with Crippen LogP contribution in [0.3, 0.4) is 0 Å². The topological polar surface area (TPSA) is 90.6 Å². The largest absolute Gasteiger partial charge is 0.497 e. The Morgan fingerprint density at radius 1 is 1.44 bits per heavy atom. The fraction of sp³-hybridized carbons (Fsp3) is 0.222. The van der Waals surface area contributed by atoms with Crippen LogP contribution in [0.25, 0.3) is 5.69 Å². The Kier molecular flexibility index (Phi) is 6.16. The molecule has 0 atom stereocenters. The second kappa shape index (κ2) is 8.95. The first kappa shape index (κ1) is 18.6. The molecule has 2 aromatic heterocycles. The van der Waals surface area contributed by atoms with E-state index in [1.165, 1.54) is 11.3 Å². The summed E-state index contributed by atoms with van der Waals surface area (Å²) in [5.74, 6) is 0.427. The van der Waals surface area contributed by atoms with Gasteiger partial charge in [0.2, 0.25) is 5.13 Å². The Balaban J connectivity index is 1.71. The van der Waals surface area contributed by atoms with Crippen LogP contribution in [0, 0.1) is 0 Å². The molecule has 0 saturated carbocycles. The van der Waals surface area contributed by atoms with Crippen LogP contribution in [0.2, 0.25) is 0 Å². The summed E-state index contributed by atoms with van der Waals surface area (Å²) in [7, 11) is 1.61. The van der Waals surface area contributed by atoms with E-state index in [2.05, 4.69) is 20.6 Å². The van der Waals surface area contributed by atoms with Crippen molar-refractivity contribution in [1.29, 1.82) is 0 Å². The molecule has 1 N–H and O–H groups in total. The van der Waals surface area contributed by atoms with Gasteiger partial charge in [-0.1, -0.05) is 0 Å². The van der Waals surface area contributed by atoms with Gasteiger partial charge in [-0.25, -0.2) is 9.67 Å². The highest BCUT2D eigenvalue weighted by atomic mass is 32.1. The number of hydrazone groups is 1. The molecule has 3 aromatic rings. The van der Waals surface area contributed by atoms with E-state index in [9.17, 15) is 4.79 Å². The minimum atomic E-state index is -0.293. The smallest absolute Gasteiger partial charge is 0.311 e. The molecular weight excluding hydrogens is 366 g/mol. The number of carbonyl (C=O) groups is 1. The summed E-state index contributed by atoms with van der Waals surface area (Å²) in [5, 5.41) is 10.9. The van der Waals surface area contributed by atoms with E-state index in [1.54, 1.807) is 36.5 Å². The van der Waals surface area contributed by atoms with Gasteiger partial charge in [0.15, 0.2) is 0 Å². The molecule has 0 saturated heterocycles. The molecule has 0 bridgehead atoms. The summed E-state index contributed by atoms with van der Waals surface area (Å²) < 4.78 is 12.0. The molecule has 8 nitrogen and oxygen atoms in total. The molecule has 0 amide bonds. The predicted molar refractivity (Wildman–Crippen MR) is 104 cm³/mol. The van der Waals surface area contributed by atoms with Gasteiger partial charge in [0, 0.05) is 23.3 Å². The number of hydrogen-bond acceptors (Lipinski definition) is 8. The summed E-state index contributed by atoms with van der Waals surface area (Å²) in [5.41, 5.74) is 5.23. The number of methoxy groups -OCH3 is 1. The lowest BCUT2D eigenvalue weighted by Gasteiger charge is -2.08. The van der Waals surface area contributed by atoms with Crippen molar-refractivity contribution >= 4 is 28.7 Å². The van der Waals surface area contributed by atoms with Crippen LogP contribution in [0.15, 0.2) is 47.1 Å². The summed E-state index contributed by atoms with van der Waals surface area (Å²) >= 11 is 1.37. The number of rotatable bonds is 8. The van der Waals surface area contributed by atoms with E-state index < -0.39 is 0 Å². The Bertz CT molecular complexity index is 921. The predicted octanol–water partition coefficient (Wildman–Crippen LogP) is 2.89. The average molecular weight is 385 g/mol. The monoisotopic (exact) mass is 385 g/mol. The number of thiazole rings is 1. The highest BCUT2D eigenvalue weighted by molar-refractivity contribution is 7.13. The molecule has 9 heteroatoms. The van der Waals surface area contributed by atoms with Crippen molar-refractivity contribution in [3.05, 3.63) is 53.3 Å². The maximum atomic E-state index is 11.5. The van der Waals surface area contributed by atoms with Gasteiger partial charge in [-0.15, -0.1) is 11.3 Å². The van der Waals surface area contributed by atoms with Crippen LogP contribution in [0.1, 0.15) is 18.2 Å². The molecule has 0 radical (unpaired) electrons. The van der Waals surface area contributed by atoms with E-state index >= 15 is 0 Å². The first-order valence-corrected chi connectivity index (χ1v) is 9.14. The maximum Gasteiger partial charge on any atom is 0.311 e. The van der Waals surface area contributed by atoms with E-state index in [0.29, 0.717) is 17.4 Å². The van der Waals surface area contributed by atoms with Crippen LogP contribution in [0.5, 0.6) is 5.75 Å². The minimum absolute atomic E-state index is 0.148. The summed E-state index contributed by atoms with van der Waals surface area (Å²) in [6.45, 7) is 2.13. The standard InChI is InChI=1S/C18H19N5O3S/c1-3-26-17(24)10-14-12-27-18(21-14)22-19-11-13-9-15(25-2)5-6-16(13)23-8-4-7-20-23/h4-9,11-12H,3,10H2,1-2H3,(H,21,22). The molecule has 0 aliphatic carbocycles. The Morgan fingerprint density at radius 3 is 3.07 bits per heavy atom. The van der Waals surface area contributed by atoms with Gasteiger partial charge in [-0.2, -0.15) is 10.2 Å². The van der Waals surface area contributed by atoms with Gasteiger partial charge in [0.1, 0.15) is 5.75 Å². The number of hydrogen-bond donors (Lipinski definition) is 1. The van der Waals surface area contributed by atoms with Gasteiger partial charge >= 0.3 is 5.97 Å². The quantitative estimate of drug-likeness (QED) is 0.364. The highest BCUT2D eigenvalue weighted by Crippen LogP contribution is 2.20. The van der Waals surface area contributed by atoms with Crippen LogP contribution >= 0.6 is 11.3 Å². The Labute approximate surface area is 160 Å². The molecule has 0 aliphatic heterocycles. The van der Waals surface area contributed by atoms with Crippen LogP contribution in [-0.4, -0.2) is 40.7 Å². The van der Waals surface area contributed by atoms with Gasteiger partial charge in [0.25, 0.3) is 0 Å². The van der Waals surface area contributed by atoms with E-state index in [-0.39, 0.29) is 12.4 Å². The lowest BCUT2D eigenvalue weighted by Crippen LogP contribution is -2.07. The van der Waals surface area contributed by atoms with Crippen molar-refractivity contribution in [3.8, 4) is 11.4 Å². The van der Waals surface area contributed by atoms with Gasteiger partial charge < -0.3 is 9.47 Å². The molecule has 1 aromatic carbocycles. The Hall–Kier alpha value is -3.20. The number of ether oxygens (including phenoxy) is 2. The maximum absolute atomic E-state index is 11.5. The second-order valence-electron chi connectivity index (χ2n) is 5.37. The molecule has 0 fully saturated rings. The SMILES string of the molecule is CCOC(=O)Cc1csc(NN=Cc2cc(OC)ccc2-n2cccn2)n1. The molecule has 2 heterocycles. The van der Waals surface area contributed by atoms with Crippen molar-refractivity contribution in [1.82, 2.24) is 14.8 Å². The van der Waals surface area contributed by atoms with Gasteiger partial charge in [-0.05, 0) is 31.2 Å². The van der Waals surface area contributed by atoms with E-state index in [1.807, 2.05) is 30.5 Å². The van der Waals surface area contributed by atoms with Crippen LogP contribution < -0.4 is 10.2 Å². The van der Waals surface area contributed by atoms with E-state index in [0.717, 1.165) is 17.0 Å². The fourth-order valence-corrected chi connectivity index (χ4v) is 3.00. The molecule has 3 rings (SSSR count). The Morgan fingerprint density at radius 2 is 2.33 bits per heavy atom. The molecule has 0 aliphatic rings. The van der Waals surface area contributed by atoms with Crippen molar-refractivity contribution in [3.63, 3.8) is 0 Å². The fourth-order valence-electron chi connectivity index (χ4n) is 2.34. The lowest BCUT2D eigenvalue weighted by molar-refractivity contribution is -0.142. The zero-order valence-corrected chi connectivity index (χ0v) is 15.8. The summed E-state index contributed by atoms with van der Waals surface area (Å²) in [6.07, 6.45) is 5.39. The molecule has 0 spiro atoms. The number of carbonyl (C=O) groups excluding carboxylic acids is 1. The van der Waals surface area contributed by atoms with Gasteiger partial charge in [-0.3, -0.25) is 10.2 Å². The van der Waals surface area contributed by atoms with Crippen LogP contribution in [0.4, 0.5) is 5.13 Å². The average Bonchev–Trinajstić information content (AvgIpc) is 3.34. The van der Waals surface area contributed by atoms with Crippen LogP contribution in [-0.2, 0) is 16.0 Å². The number of benzene rings is 1. The number of esters is 1. The molecule has 0 unspecified atom stereocenters. The van der Waals surface area contributed by atoms with E-state index in [4.69, 9.17) is 9.47 Å². The number of nitrogens with one attached hydrogen (secondary N) is 1. The lowest BCUT2D eigenvalue weighted by atomic mass is 10.2. The van der Waals surface area contributed by atoms with Crippen molar-refractivity contribution in [2.45, 2.75) is 13.3 Å². The first-order valence-electron chi connectivity index (χ1n) is 8.26. The second-order valence-corrected chi connectivity index (χ2v) is 6.23. The third-order valence-electron chi connectivity index (χ3n) is 3.53. The minimum Gasteiger partial charge on any atom is -0.497 e. The number of anilines is 1. The van der Waals surface area contributed by atoms with Gasteiger partial charge in [0.05, 0.1) is 37.7 Å². The van der Waals surface area contributed by atoms with Crippen molar-refractivity contribution < 1.29 is 14.3 Å². The zero-order valence-electron chi connectivity index (χ0n) is 15.0. The molecular formula is C18H19N5O3S.